The molecule has 1 aromatic rings. The van der Waals surface area contributed by atoms with Crippen molar-refractivity contribution in [1.82, 2.24) is 0 Å². The van der Waals surface area contributed by atoms with Gasteiger partial charge in [-0.3, -0.25) is 0 Å². The standard InChI is InChI=1S/C8H12Br2N2S/c1-2-5(11)7(12)6-3-4(9)8(10)13-6/h3,5,7H,2,11-12H2,1H3/t5-,7+/m0/s1. The Balaban J connectivity index is 2.82. The Morgan fingerprint density at radius 2 is 2.08 bits per heavy atom. The van der Waals surface area contributed by atoms with E-state index in [0.717, 1.165) is 19.6 Å². The van der Waals surface area contributed by atoms with Crippen molar-refractivity contribution in [3.05, 3.63) is 19.2 Å². The minimum atomic E-state index is -0.0578. The van der Waals surface area contributed by atoms with Crippen LogP contribution in [0.3, 0.4) is 0 Å². The van der Waals surface area contributed by atoms with Gasteiger partial charge in [-0.15, -0.1) is 11.3 Å². The van der Waals surface area contributed by atoms with Gasteiger partial charge in [-0.05, 0) is 44.3 Å². The first-order valence-electron chi connectivity index (χ1n) is 4.02. The molecular weight excluding hydrogens is 316 g/mol. The average molecular weight is 328 g/mol. The molecule has 1 rings (SSSR count). The van der Waals surface area contributed by atoms with Crippen molar-refractivity contribution < 1.29 is 0 Å². The molecule has 0 spiro atoms. The second-order valence-electron chi connectivity index (χ2n) is 2.87. The third-order valence-electron chi connectivity index (χ3n) is 1.93. The summed E-state index contributed by atoms with van der Waals surface area (Å²) in [6, 6.07) is 2.00. The lowest BCUT2D eigenvalue weighted by Gasteiger charge is -2.16. The predicted molar refractivity (Wildman–Crippen MR) is 64.9 cm³/mol. The van der Waals surface area contributed by atoms with Crippen LogP contribution < -0.4 is 11.5 Å². The van der Waals surface area contributed by atoms with Crippen LogP contribution >= 0.6 is 43.2 Å². The molecule has 0 radical (unpaired) electrons. The maximum Gasteiger partial charge on any atom is 0.0843 e. The van der Waals surface area contributed by atoms with E-state index in [0.29, 0.717) is 0 Å². The number of thiophene rings is 1. The maximum atomic E-state index is 5.98. The van der Waals surface area contributed by atoms with Gasteiger partial charge in [0.15, 0.2) is 0 Å². The number of nitrogens with two attached hydrogens (primary N) is 2. The highest BCUT2D eigenvalue weighted by molar-refractivity contribution is 9.13. The highest BCUT2D eigenvalue weighted by Crippen LogP contribution is 2.35. The zero-order valence-electron chi connectivity index (χ0n) is 7.26. The molecule has 0 saturated heterocycles. The molecule has 1 heterocycles. The molecular formula is C8H12Br2N2S. The molecule has 0 aromatic carbocycles. The highest BCUT2D eigenvalue weighted by Gasteiger charge is 2.16. The Labute approximate surface area is 98.9 Å². The van der Waals surface area contributed by atoms with Gasteiger partial charge in [0.1, 0.15) is 0 Å². The van der Waals surface area contributed by atoms with Crippen LogP contribution in [0.4, 0.5) is 0 Å². The van der Waals surface area contributed by atoms with E-state index < -0.39 is 0 Å². The monoisotopic (exact) mass is 326 g/mol. The van der Waals surface area contributed by atoms with E-state index >= 15 is 0 Å². The molecule has 74 valence electrons. The lowest BCUT2D eigenvalue weighted by atomic mass is 10.1. The number of hydrogen-bond acceptors (Lipinski definition) is 3. The fraction of sp³-hybridized carbons (Fsp3) is 0.500. The van der Waals surface area contributed by atoms with Gasteiger partial charge in [-0.1, -0.05) is 6.92 Å². The predicted octanol–water partition coefficient (Wildman–Crippen LogP) is 3.01. The SMILES string of the molecule is CC[C@H](N)[C@@H](N)c1cc(Br)c(Br)s1. The summed E-state index contributed by atoms with van der Waals surface area (Å²) in [5.41, 5.74) is 11.8. The quantitative estimate of drug-likeness (QED) is 0.896. The average Bonchev–Trinajstić information content (AvgIpc) is 2.44. The minimum Gasteiger partial charge on any atom is -0.326 e. The molecule has 13 heavy (non-hydrogen) atoms. The minimum absolute atomic E-state index is 0.0393. The van der Waals surface area contributed by atoms with E-state index in [-0.39, 0.29) is 12.1 Å². The molecule has 0 unspecified atom stereocenters. The maximum absolute atomic E-state index is 5.98. The Morgan fingerprint density at radius 1 is 1.46 bits per heavy atom. The Kier molecular flexibility index (Phi) is 4.38. The summed E-state index contributed by atoms with van der Waals surface area (Å²) in [6.45, 7) is 2.04. The van der Waals surface area contributed by atoms with Gasteiger partial charge >= 0.3 is 0 Å². The molecule has 2 nitrogen and oxygen atoms in total. The van der Waals surface area contributed by atoms with E-state index in [1.54, 1.807) is 11.3 Å². The zero-order chi connectivity index (χ0) is 10.0. The summed E-state index contributed by atoms with van der Waals surface area (Å²) in [6.07, 6.45) is 0.897. The van der Waals surface area contributed by atoms with Crippen LogP contribution in [0, 0.1) is 0 Å². The summed E-state index contributed by atoms with van der Waals surface area (Å²) in [5, 5.41) is 0. The van der Waals surface area contributed by atoms with Crippen LogP contribution in [0.2, 0.25) is 0 Å². The smallest absolute Gasteiger partial charge is 0.0843 e. The number of hydrogen-bond donors (Lipinski definition) is 2. The molecule has 5 heteroatoms. The number of rotatable bonds is 3. The van der Waals surface area contributed by atoms with E-state index in [9.17, 15) is 0 Å². The topological polar surface area (TPSA) is 52.0 Å². The fourth-order valence-corrected chi connectivity index (χ4v) is 3.16. The van der Waals surface area contributed by atoms with Crippen LogP contribution in [0.25, 0.3) is 0 Å². The van der Waals surface area contributed by atoms with E-state index in [1.165, 1.54) is 0 Å². The molecule has 0 fully saturated rings. The summed E-state index contributed by atoms with van der Waals surface area (Å²) in [7, 11) is 0. The molecule has 1 aromatic heterocycles. The van der Waals surface area contributed by atoms with Gasteiger partial charge in [0.25, 0.3) is 0 Å². The van der Waals surface area contributed by atoms with Gasteiger partial charge in [0.05, 0.1) is 9.83 Å². The Bertz CT molecular complexity index is 268. The normalized spacial score (nSPS) is 15.8. The molecule has 0 aliphatic heterocycles. The van der Waals surface area contributed by atoms with Crippen molar-refractivity contribution >= 4 is 43.2 Å². The Morgan fingerprint density at radius 3 is 2.46 bits per heavy atom. The molecule has 0 aliphatic rings. The van der Waals surface area contributed by atoms with Crippen molar-refractivity contribution in [2.75, 3.05) is 0 Å². The molecule has 4 N–H and O–H groups in total. The summed E-state index contributed by atoms with van der Waals surface area (Å²) in [5.74, 6) is 0. The molecule has 0 bridgehead atoms. The first kappa shape index (κ1) is 11.7. The van der Waals surface area contributed by atoms with Gasteiger partial charge in [0, 0.05) is 15.4 Å². The third-order valence-corrected chi connectivity index (χ3v) is 5.28. The van der Waals surface area contributed by atoms with E-state index in [2.05, 4.69) is 31.9 Å². The first-order valence-corrected chi connectivity index (χ1v) is 6.42. The van der Waals surface area contributed by atoms with Crippen molar-refractivity contribution in [3.8, 4) is 0 Å². The van der Waals surface area contributed by atoms with Gasteiger partial charge < -0.3 is 11.5 Å². The zero-order valence-corrected chi connectivity index (χ0v) is 11.2. The summed E-state index contributed by atoms with van der Waals surface area (Å²) < 4.78 is 2.12. The lowest BCUT2D eigenvalue weighted by molar-refractivity contribution is 0.539. The van der Waals surface area contributed by atoms with Crippen molar-refractivity contribution in [3.63, 3.8) is 0 Å². The molecule has 0 saturated carbocycles. The molecule has 2 atom stereocenters. The van der Waals surface area contributed by atoms with Gasteiger partial charge in [0.2, 0.25) is 0 Å². The van der Waals surface area contributed by atoms with Crippen molar-refractivity contribution in [1.29, 1.82) is 0 Å². The van der Waals surface area contributed by atoms with Gasteiger partial charge in [-0.2, -0.15) is 0 Å². The lowest BCUT2D eigenvalue weighted by Crippen LogP contribution is -2.32. The number of halogens is 2. The van der Waals surface area contributed by atoms with E-state index in [1.807, 2.05) is 13.0 Å². The second kappa shape index (κ2) is 4.89. The van der Waals surface area contributed by atoms with Gasteiger partial charge in [-0.25, -0.2) is 0 Å². The summed E-state index contributed by atoms with van der Waals surface area (Å²) in [4.78, 5) is 1.12. The molecule has 0 aliphatic carbocycles. The van der Waals surface area contributed by atoms with Crippen molar-refractivity contribution in [2.45, 2.75) is 25.4 Å². The van der Waals surface area contributed by atoms with Crippen LogP contribution in [-0.4, -0.2) is 6.04 Å². The second-order valence-corrected chi connectivity index (χ2v) is 6.12. The first-order chi connectivity index (χ1) is 6.06. The van der Waals surface area contributed by atoms with Crippen LogP contribution in [0.15, 0.2) is 14.3 Å². The Hall–Kier alpha value is 0.580. The highest BCUT2D eigenvalue weighted by atomic mass is 79.9. The molecule has 0 amide bonds. The fourth-order valence-electron chi connectivity index (χ4n) is 0.993. The largest absolute Gasteiger partial charge is 0.326 e. The van der Waals surface area contributed by atoms with Crippen LogP contribution in [-0.2, 0) is 0 Å². The third kappa shape index (κ3) is 2.76. The van der Waals surface area contributed by atoms with Crippen LogP contribution in [0.5, 0.6) is 0 Å². The van der Waals surface area contributed by atoms with Crippen LogP contribution in [0.1, 0.15) is 24.3 Å². The van der Waals surface area contributed by atoms with Crippen molar-refractivity contribution in [2.24, 2.45) is 11.5 Å². The summed E-state index contributed by atoms with van der Waals surface area (Å²) >= 11 is 8.48. The van der Waals surface area contributed by atoms with E-state index in [4.69, 9.17) is 11.5 Å².